The SMILES string of the molecule is COc1ccc(S(=O)(=O)Nc2ccccc2OC)cc1NC(=O)CSc1ccccc1. The van der Waals surface area contributed by atoms with Crippen LogP contribution in [0.1, 0.15) is 0 Å². The number of benzene rings is 3. The van der Waals surface area contributed by atoms with Crippen LogP contribution in [-0.2, 0) is 14.8 Å². The molecule has 0 bridgehead atoms. The molecule has 0 saturated heterocycles. The van der Waals surface area contributed by atoms with Gasteiger partial charge < -0.3 is 14.8 Å². The lowest BCUT2D eigenvalue weighted by Gasteiger charge is -2.14. The number of hydrogen-bond acceptors (Lipinski definition) is 6. The summed E-state index contributed by atoms with van der Waals surface area (Å²) in [6, 6.07) is 20.5. The lowest BCUT2D eigenvalue weighted by atomic mass is 10.3. The van der Waals surface area contributed by atoms with Gasteiger partial charge in [0.1, 0.15) is 11.5 Å². The highest BCUT2D eigenvalue weighted by atomic mass is 32.2. The highest BCUT2D eigenvalue weighted by Crippen LogP contribution is 2.31. The minimum atomic E-state index is -3.93. The first kappa shape index (κ1) is 22.5. The summed E-state index contributed by atoms with van der Waals surface area (Å²) >= 11 is 1.38. The van der Waals surface area contributed by atoms with Crippen LogP contribution >= 0.6 is 11.8 Å². The summed E-state index contributed by atoms with van der Waals surface area (Å²) in [5.74, 6) is 0.642. The molecular formula is C22H22N2O5S2. The number of methoxy groups -OCH3 is 2. The maximum atomic E-state index is 12.9. The Labute approximate surface area is 185 Å². The van der Waals surface area contributed by atoms with Crippen LogP contribution in [0.3, 0.4) is 0 Å². The summed E-state index contributed by atoms with van der Waals surface area (Å²) in [4.78, 5) is 13.4. The second-order valence-electron chi connectivity index (χ2n) is 6.32. The Hall–Kier alpha value is -3.17. The maximum Gasteiger partial charge on any atom is 0.262 e. The summed E-state index contributed by atoms with van der Waals surface area (Å²) < 4.78 is 38.8. The molecule has 7 nitrogen and oxygen atoms in total. The zero-order valence-electron chi connectivity index (χ0n) is 17.0. The highest BCUT2D eigenvalue weighted by molar-refractivity contribution is 8.00. The number of carbonyl (C=O) groups excluding carboxylic acids is 1. The van der Waals surface area contributed by atoms with E-state index in [1.54, 1.807) is 24.3 Å². The molecule has 0 aliphatic heterocycles. The van der Waals surface area contributed by atoms with E-state index in [-0.39, 0.29) is 22.2 Å². The lowest BCUT2D eigenvalue weighted by Crippen LogP contribution is -2.17. The Morgan fingerprint density at radius 2 is 1.52 bits per heavy atom. The quantitative estimate of drug-likeness (QED) is 0.466. The van der Waals surface area contributed by atoms with E-state index in [1.807, 2.05) is 30.3 Å². The second kappa shape index (κ2) is 10.2. The number of anilines is 2. The van der Waals surface area contributed by atoms with Gasteiger partial charge in [0.05, 0.1) is 36.2 Å². The van der Waals surface area contributed by atoms with Crippen molar-refractivity contribution < 1.29 is 22.7 Å². The number of ether oxygens (including phenoxy) is 2. The molecule has 0 fully saturated rings. The molecule has 0 radical (unpaired) electrons. The molecule has 0 saturated carbocycles. The standard InChI is InChI=1S/C22H22N2O5S2/c1-28-20-11-7-6-10-18(20)24-31(26,27)17-12-13-21(29-2)19(14-17)23-22(25)15-30-16-8-4-3-5-9-16/h3-14,24H,15H2,1-2H3,(H,23,25). The van der Waals surface area contributed by atoms with Crippen LogP contribution in [0.2, 0.25) is 0 Å². The number of nitrogens with one attached hydrogen (secondary N) is 2. The van der Waals surface area contributed by atoms with Crippen LogP contribution in [-0.4, -0.2) is 34.3 Å². The van der Waals surface area contributed by atoms with E-state index in [4.69, 9.17) is 9.47 Å². The van der Waals surface area contributed by atoms with Gasteiger partial charge in [0.25, 0.3) is 10.0 Å². The van der Waals surface area contributed by atoms with Crippen LogP contribution in [0, 0.1) is 0 Å². The molecular weight excluding hydrogens is 436 g/mol. The molecule has 31 heavy (non-hydrogen) atoms. The third kappa shape index (κ3) is 5.93. The normalized spacial score (nSPS) is 10.9. The first-order valence-electron chi connectivity index (χ1n) is 9.24. The molecule has 0 aromatic heterocycles. The Bertz CT molecular complexity index is 1150. The zero-order chi connectivity index (χ0) is 22.3. The molecule has 3 aromatic rings. The fourth-order valence-corrected chi connectivity index (χ4v) is 4.55. The van der Waals surface area contributed by atoms with Gasteiger partial charge in [0.15, 0.2) is 0 Å². The molecule has 0 atom stereocenters. The zero-order valence-corrected chi connectivity index (χ0v) is 18.6. The van der Waals surface area contributed by atoms with E-state index in [0.717, 1.165) is 4.90 Å². The molecule has 9 heteroatoms. The topological polar surface area (TPSA) is 93.7 Å². The molecule has 0 aliphatic rings. The first-order valence-corrected chi connectivity index (χ1v) is 11.7. The van der Waals surface area contributed by atoms with Crippen LogP contribution in [0.4, 0.5) is 11.4 Å². The van der Waals surface area contributed by atoms with Crippen molar-refractivity contribution in [2.45, 2.75) is 9.79 Å². The summed E-state index contributed by atoms with van der Waals surface area (Å²) in [6.45, 7) is 0. The number of thioether (sulfide) groups is 1. The van der Waals surface area contributed by atoms with Gasteiger partial charge in [-0.2, -0.15) is 0 Å². The Kier molecular flexibility index (Phi) is 7.43. The predicted molar refractivity (Wildman–Crippen MR) is 123 cm³/mol. The summed E-state index contributed by atoms with van der Waals surface area (Å²) in [7, 11) is -1.02. The number of para-hydroxylation sites is 2. The maximum absolute atomic E-state index is 12.9. The summed E-state index contributed by atoms with van der Waals surface area (Å²) in [6.07, 6.45) is 0. The van der Waals surface area contributed by atoms with Crippen LogP contribution in [0.25, 0.3) is 0 Å². The van der Waals surface area contributed by atoms with Gasteiger partial charge in [0, 0.05) is 4.90 Å². The van der Waals surface area contributed by atoms with Crippen molar-refractivity contribution in [3.05, 3.63) is 72.8 Å². The number of hydrogen-bond donors (Lipinski definition) is 2. The fourth-order valence-electron chi connectivity index (χ4n) is 2.74. The fraction of sp³-hybridized carbons (Fsp3) is 0.136. The molecule has 162 valence electrons. The smallest absolute Gasteiger partial charge is 0.262 e. The minimum absolute atomic E-state index is 0.0229. The van der Waals surface area contributed by atoms with Crippen LogP contribution < -0.4 is 19.5 Å². The Morgan fingerprint density at radius 3 is 2.23 bits per heavy atom. The van der Waals surface area contributed by atoms with Gasteiger partial charge in [-0.15, -0.1) is 11.8 Å². The summed E-state index contributed by atoms with van der Waals surface area (Å²) in [5.41, 5.74) is 0.578. The Morgan fingerprint density at radius 1 is 0.871 bits per heavy atom. The van der Waals surface area contributed by atoms with Crippen molar-refractivity contribution in [3.8, 4) is 11.5 Å². The van der Waals surface area contributed by atoms with E-state index < -0.39 is 10.0 Å². The van der Waals surface area contributed by atoms with Crippen LogP contribution in [0.5, 0.6) is 11.5 Å². The molecule has 0 heterocycles. The van der Waals surface area contributed by atoms with E-state index >= 15 is 0 Å². The third-order valence-electron chi connectivity index (χ3n) is 4.22. The van der Waals surface area contributed by atoms with Gasteiger partial charge >= 0.3 is 0 Å². The Balaban J connectivity index is 1.78. The molecule has 3 rings (SSSR count). The average molecular weight is 459 g/mol. The number of rotatable bonds is 9. The second-order valence-corrected chi connectivity index (χ2v) is 9.05. The molecule has 0 unspecified atom stereocenters. The van der Waals surface area contributed by atoms with Crippen molar-refractivity contribution in [2.75, 3.05) is 30.0 Å². The molecule has 2 N–H and O–H groups in total. The van der Waals surface area contributed by atoms with Crippen molar-refractivity contribution >= 4 is 39.1 Å². The van der Waals surface area contributed by atoms with Gasteiger partial charge in [-0.1, -0.05) is 30.3 Å². The van der Waals surface area contributed by atoms with Gasteiger partial charge in [-0.3, -0.25) is 9.52 Å². The highest BCUT2D eigenvalue weighted by Gasteiger charge is 2.19. The number of carbonyl (C=O) groups is 1. The largest absolute Gasteiger partial charge is 0.495 e. The van der Waals surface area contributed by atoms with Crippen molar-refractivity contribution in [3.63, 3.8) is 0 Å². The van der Waals surface area contributed by atoms with Crippen molar-refractivity contribution in [2.24, 2.45) is 0 Å². The van der Waals surface area contributed by atoms with E-state index in [0.29, 0.717) is 17.2 Å². The first-order chi connectivity index (χ1) is 14.9. The van der Waals surface area contributed by atoms with Gasteiger partial charge in [-0.05, 0) is 42.5 Å². The number of amides is 1. The minimum Gasteiger partial charge on any atom is -0.495 e. The van der Waals surface area contributed by atoms with Crippen molar-refractivity contribution in [1.29, 1.82) is 0 Å². The predicted octanol–water partition coefficient (Wildman–Crippen LogP) is 4.24. The van der Waals surface area contributed by atoms with E-state index in [2.05, 4.69) is 10.0 Å². The lowest BCUT2D eigenvalue weighted by molar-refractivity contribution is -0.113. The van der Waals surface area contributed by atoms with Gasteiger partial charge in [0.2, 0.25) is 5.91 Å². The third-order valence-corrected chi connectivity index (χ3v) is 6.59. The van der Waals surface area contributed by atoms with Crippen molar-refractivity contribution in [1.82, 2.24) is 0 Å². The molecule has 1 amide bonds. The molecule has 3 aromatic carbocycles. The average Bonchev–Trinajstić information content (AvgIpc) is 2.78. The monoisotopic (exact) mass is 458 g/mol. The molecule has 0 aliphatic carbocycles. The van der Waals surface area contributed by atoms with Crippen LogP contribution in [0.15, 0.2) is 82.6 Å². The molecule has 0 spiro atoms. The number of sulfonamides is 1. The van der Waals surface area contributed by atoms with Gasteiger partial charge in [-0.25, -0.2) is 8.42 Å². The summed E-state index contributed by atoms with van der Waals surface area (Å²) in [5, 5.41) is 2.73. The van der Waals surface area contributed by atoms with E-state index in [1.165, 1.54) is 44.2 Å². The van der Waals surface area contributed by atoms with E-state index in [9.17, 15) is 13.2 Å².